The number of carboxylic acid groups (broad SMARTS) is 1. The smallest absolute Gasteiger partial charge is 0.318 e. The fourth-order valence-corrected chi connectivity index (χ4v) is 3.31. The number of hydrogen-bond acceptors (Lipinski definition) is 3. The zero-order valence-corrected chi connectivity index (χ0v) is 12.1. The van der Waals surface area contributed by atoms with Crippen molar-refractivity contribution < 1.29 is 19.5 Å². The molecule has 0 bridgehead atoms. The van der Waals surface area contributed by atoms with Crippen molar-refractivity contribution in [2.24, 2.45) is 11.7 Å². The van der Waals surface area contributed by atoms with Gasteiger partial charge in [-0.1, -0.05) is 12.8 Å². The third-order valence-corrected chi connectivity index (χ3v) is 4.48. The van der Waals surface area contributed by atoms with Gasteiger partial charge in [0.25, 0.3) is 0 Å². The number of aliphatic carboxylic acids is 1. The second kappa shape index (κ2) is 6.78. The Labute approximate surface area is 123 Å². The van der Waals surface area contributed by atoms with Gasteiger partial charge in [0, 0.05) is 12.6 Å². The summed E-state index contributed by atoms with van der Waals surface area (Å²) >= 11 is 0. The largest absolute Gasteiger partial charge is 0.481 e. The van der Waals surface area contributed by atoms with Gasteiger partial charge in [0.1, 0.15) is 6.04 Å². The van der Waals surface area contributed by atoms with E-state index in [1.165, 1.54) is 4.90 Å². The van der Waals surface area contributed by atoms with Crippen molar-refractivity contribution in [3.63, 3.8) is 0 Å². The predicted octanol–water partition coefficient (Wildman–Crippen LogP) is 0.679. The molecule has 1 heterocycles. The molecule has 3 unspecified atom stereocenters. The van der Waals surface area contributed by atoms with Crippen molar-refractivity contribution in [1.29, 1.82) is 0 Å². The summed E-state index contributed by atoms with van der Waals surface area (Å²) in [5.41, 5.74) is 5.35. The second-order valence-corrected chi connectivity index (χ2v) is 5.89. The molecule has 1 saturated carbocycles. The highest BCUT2D eigenvalue weighted by atomic mass is 16.4. The van der Waals surface area contributed by atoms with Crippen molar-refractivity contribution in [2.45, 2.75) is 57.0 Å². The molecule has 1 saturated heterocycles. The summed E-state index contributed by atoms with van der Waals surface area (Å²) < 4.78 is 0. The Morgan fingerprint density at radius 1 is 1.05 bits per heavy atom. The highest BCUT2D eigenvalue weighted by Crippen LogP contribution is 2.25. The maximum Gasteiger partial charge on any atom is 0.318 e. The molecular weight excluding hydrogens is 274 g/mol. The van der Waals surface area contributed by atoms with Crippen LogP contribution in [0.2, 0.25) is 0 Å². The van der Waals surface area contributed by atoms with Crippen LogP contribution >= 0.6 is 0 Å². The number of urea groups is 1. The number of nitrogens with zero attached hydrogens (tertiary/aromatic N) is 1. The predicted molar refractivity (Wildman–Crippen MR) is 75.5 cm³/mol. The lowest BCUT2D eigenvalue weighted by Crippen LogP contribution is -2.57. The molecule has 0 spiro atoms. The SMILES string of the molecule is NC(=O)C1CCCCN1C(=O)NC1CCCCC1C(=O)O. The van der Waals surface area contributed by atoms with Gasteiger partial charge >= 0.3 is 12.0 Å². The standard InChI is InChI=1S/C14H23N3O4/c15-12(18)11-7-3-4-8-17(11)14(21)16-10-6-2-1-5-9(10)13(19)20/h9-11H,1-8H2,(H2,15,18)(H,16,21)(H,19,20). The minimum Gasteiger partial charge on any atom is -0.481 e. The summed E-state index contributed by atoms with van der Waals surface area (Å²) in [6, 6.07) is -1.30. The summed E-state index contributed by atoms with van der Waals surface area (Å²) in [7, 11) is 0. The number of carbonyl (C=O) groups excluding carboxylic acids is 2. The molecule has 0 aromatic heterocycles. The molecule has 3 amide bonds. The molecule has 2 rings (SSSR count). The summed E-state index contributed by atoms with van der Waals surface area (Å²) in [5.74, 6) is -1.91. The lowest BCUT2D eigenvalue weighted by molar-refractivity contribution is -0.143. The molecule has 7 nitrogen and oxygen atoms in total. The molecule has 0 aromatic rings. The molecule has 7 heteroatoms. The van der Waals surface area contributed by atoms with Crippen LogP contribution < -0.4 is 11.1 Å². The van der Waals surface area contributed by atoms with E-state index in [1.54, 1.807) is 0 Å². The van der Waals surface area contributed by atoms with Gasteiger partial charge in [0.15, 0.2) is 0 Å². The Hall–Kier alpha value is -1.79. The molecule has 4 N–H and O–H groups in total. The third-order valence-electron chi connectivity index (χ3n) is 4.48. The quantitative estimate of drug-likeness (QED) is 0.711. The van der Waals surface area contributed by atoms with Gasteiger partial charge in [0.05, 0.1) is 5.92 Å². The first-order chi connectivity index (χ1) is 10.0. The van der Waals surface area contributed by atoms with Gasteiger partial charge in [-0.3, -0.25) is 9.59 Å². The van der Waals surface area contributed by atoms with Gasteiger partial charge in [-0.15, -0.1) is 0 Å². The van der Waals surface area contributed by atoms with Gasteiger partial charge in [0.2, 0.25) is 5.91 Å². The Kier molecular flexibility index (Phi) is 5.03. The minimum absolute atomic E-state index is 0.362. The fraction of sp³-hybridized carbons (Fsp3) is 0.786. The van der Waals surface area contributed by atoms with Crippen molar-refractivity contribution in [3.8, 4) is 0 Å². The van der Waals surface area contributed by atoms with Crippen LogP contribution in [0.1, 0.15) is 44.9 Å². The monoisotopic (exact) mass is 297 g/mol. The number of nitrogens with two attached hydrogens (primary N) is 1. The topological polar surface area (TPSA) is 113 Å². The van der Waals surface area contributed by atoms with Crippen molar-refractivity contribution in [1.82, 2.24) is 10.2 Å². The van der Waals surface area contributed by atoms with E-state index in [9.17, 15) is 19.5 Å². The molecule has 0 radical (unpaired) electrons. The Morgan fingerprint density at radius 2 is 1.71 bits per heavy atom. The van der Waals surface area contributed by atoms with E-state index >= 15 is 0 Å². The number of hydrogen-bond donors (Lipinski definition) is 3. The number of amides is 3. The first-order valence-electron chi connectivity index (χ1n) is 7.60. The molecule has 118 valence electrons. The van der Waals surface area contributed by atoms with Crippen LogP contribution in [0, 0.1) is 5.92 Å². The number of likely N-dealkylation sites (tertiary alicyclic amines) is 1. The molecule has 1 aliphatic carbocycles. The summed E-state index contributed by atoms with van der Waals surface area (Å²) in [6.45, 7) is 0.490. The zero-order chi connectivity index (χ0) is 15.4. The van der Waals surface area contributed by atoms with E-state index < -0.39 is 23.8 Å². The van der Waals surface area contributed by atoms with Crippen LogP contribution in [-0.4, -0.2) is 46.5 Å². The molecule has 1 aliphatic heterocycles. The van der Waals surface area contributed by atoms with Gasteiger partial charge in [-0.05, 0) is 32.1 Å². The van der Waals surface area contributed by atoms with Crippen LogP contribution in [0.15, 0.2) is 0 Å². The number of primary amides is 1. The number of piperidine rings is 1. The van der Waals surface area contributed by atoms with E-state index in [2.05, 4.69) is 5.32 Å². The van der Waals surface area contributed by atoms with Crippen LogP contribution in [0.5, 0.6) is 0 Å². The molecule has 0 aromatic carbocycles. The molecular formula is C14H23N3O4. The fourth-order valence-electron chi connectivity index (χ4n) is 3.31. The number of carbonyl (C=O) groups is 3. The third kappa shape index (κ3) is 3.65. The van der Waals surface area contributed by atoms with Crippen LogP contribution in [-0.2, 0) is 9.59 Å². The van der Waals surface area contributed by atoms with E-state index in [1.807, 2.05) is 0 Å². The minimum atomic E-state index is -0.870. The van der Waals surface area contributed by atoms with Gasteiger partial charge < -0.3 is 21.1 Å². The summed E-state index contributed by atoms with van der Waals surface area (Å²) in [6.07, 6.45) is 5.32. The van der Waals surface area contributed by atoms with Gasteiger partial charge in [-0.25, -0.2) is 4.79 Å². The van der Waals surface area contributed by atoms with Crippen LogP contribution in [0.3, 0.4) is 0 Å². The van der Waals surface area contributed by atoms with E-state index in [0.717, 1.165) is 25.7 Å². The zero-order valence-electron chi connectivity index (χ0n) is 12.1. The molecule has 3 atom stereocenters. The van der Waals surface area contributed by atoms with Crippen molar-refractivity contribution in [2.75, 3.05) is 6.54 Å². The average Bonchev–Trinajstić information content (AvgIpc) is 2.47. The van der Waals surface area contributed by atoms with E-state index in [-0.39, 0.29) is 12.1 Å². The molecule has 2 aliphatic rings. The maximum absolute atomic E-state index is 12.4. The Morgan fingerprint density at radius 3 is 2.38 bits per heavy atom. The first kappa shape index (κ1) is 15.6. The summed E-state index contributed by atoms with van der Waals surface area (Å²) in [5, 5.41) is 12.0. The first-order valence-corrected chi connectivity index (χ1v) is 7.60. The maximum atomic E-state index is 12.4. The van der Waals surface area contributed by atoms with Gasteiger partial charge in [-0.2, -0.15) is 0 Å². The highest BCUT2D eigenvalue weighted by molar-refractivity contribution is 5.86. The van der Waals surface area contributed by atoms with Crippen LogP contribution in [0.4, 0.5) is 4.79 Å². The van der Waals surface area contributed by atoms with E-state index in [0.29, 0.717) is 25.8 Å². The van der Waals surface area contributed by atoms with Crippen molar-refractivity contribution in [3.05, 3.63) is 0 Å². The highest BCUT2D eigenvalue weighted by Gasteiger charge is 2.35. The normalized spacial score (nSPS) is 29.7. The number of carboxylic acids is 1. The number of nitrogens with one attached hydrogen (secondary N) is 1. The molecule has 2 fully saturated rings. The Balaban J connectivity index is 2.01. The molecule has 21 heavy (non-hydrogen) atoms. The lowest BCUT2D eigenvalue weighted by Gasteiger charge is -2.36. The van der Waals surface area contributed by atoms with Crippen molar-refractivity contribution >= 4 is 17.9 Å². The Bertz CT molecular complexity index is 426. The number of rotatable bonds is 3. The van der Waals surface area contributed by atoms with Crippen LogP contribution in [0.25, 0.3) is 0 Å². The van der Waals surface area contributed by atoms with E-state index in [4.69, 9.17) is 5.73 Å². The average molecular weight is 297 g/mol. The second-order valence-electron chi connectivity index (χ2n) is 5.89. The summed E-state index contributed by atoms with van der Waals surface area (Å²) in [4.78, 5) is 36.5. The lowest BCUT2D eigenvalue weighted by atomic mass is 9.84.